The zero-order chi connectivity index (χ0) is 13.1. The van der Waals surface area contributed by atoms with Crippen LogP contribution in [0.3, 0.4) is 0 Å². The molecule has 1 aliphatic rings. The van der Waals surface area contributed by atoms with Gasteiger partial charge in [0.1, 0.15) is 6.54 Å². The van der Waals surface area contributed by atoms with Gasteiger partial charge in [0.2, 0.25) is 5.91 Å². The van der Waals surface area contributed by atoms with Crippen molar-refractivity contribution in [3.8, 4) is 0 Å². The van der Waals surface area contributed by atoms with Crippen molar-refractivity contribution in [1.29, 1.82) is 0 Å². The summed E-state index contributed by atoms with van der Waals surface area (Å²) in [5.74, 6) is 0.0117. The lowest BCUT2D eigenvalue weighted by atomic mass is 10.2. The highest BCUT2D eigenvalue weighted by Crippen LogP contribution is 2.31. The molecule has 18 heavy (non-hydrogen) atoms. The van der Waals surface area contributed by atoms with E-state index in [0.29, 0.717) is 12.5 Å². The van der Waals surface area contributed by atoms with E-state index in [1.807, 2.05) is 0 Å². The van der Waals surface area contributed by atoms with Crippen molar-refractivity contribution in [2.45, 2.75) is 25.4 Å². The fourth-order valence-electron chi connectivity index (χ4n) is 1.66. The maximum absolute atomic E-state index is 11.5. The van der Waals surface area contributed by atoms with E-state index in [1.54, 1.807) is 0 Å². The van der Waals surface area contributed by atoms with Crippen LogP contribution in [0.5, 0.6) is 0 Å². The van der Waals surface area contributed by atoms with E-state index in [9.17, 15) is 14.9 Å². The minimum absolute atomic E-state index is 0.000840. The molecule has 0 aliphatic heterocycles. The topological polar surface area (TPSA) is 116 Å². The first-order valence-corrected chi connectivity index (χ1v) is 5.76. The van der Waals surface area contributed by atoms with Crippen LogP contribution in [0.2, 0.25) is 0 Å². The molecule has 0 spiro atoms. The summed E-state index contributed by atoms with van der Waals surface area (Å²) in [5, 5.41) is 16.8. The van der Waals surface area contributed by atoms with Gasteiger partial charge in [-0.2, -0.15) is 4.68 Å². The van der Waals surface area contributed by atoms with Gasteiger partial charge < -0.3 is 21.2 Å². The first-order valence-electron chi connectivity index (χ1n) is 5.76. The van der Waals surface area contributed by atoms with Gasteiger partial charge in [-0.3, -0.25) is 4.79 Å². The third-order valence-corrected chi connectivity index (χ3v) is 2.88. The molecular formula is C10H15N5O3. The second-order valence-corrected chi connectivity index (χ2v) is 4.43. The normalized spacial score (nSPS) is 16.3. The zero-order valence-corrected chi connectivity index (χ0v) is 9.78. The fraction of sp³-hybridized carbons (Fsp3) is 0.600. The quantitative estimate of drug-likeness (QED) is 0.530. The highest BCUT2D eigenvalue weighted by atomic mass is 16.6. The Morgan fingerprint density at radius 2 is 2.44 bits per heavy atom. The molecule has 8 heteroatoms. The number of rotatable bonds is 6. The summed E-state index contributed by atoms with van der Waals surface area (Å²) in [6.45, 7) is 0.401. The van der Waals surface area contributed by atoms with Gasteiger partial charge in [-0.25, -0.2) is 0 Å². The van der Waals surface area contributed by atoms with E-state index < -0.39 is 4.92 Å². The van der Waals surface area contributed by atoms with Crippen LogP contribution in [0.1, 0.15) is 12.8 Å². The number of carbonyl (C=O) groups excluding carboxylic acids is 1. The highest BCUT2D eigenvalue weighted by Gasteiger charge is 2.28. The van der Waals surface area contributed by atoms with Crippen LogP contribution in [0.4, 0.5) is 5.82 Å². The van der Waals surface area contributed by atoms with Crippen LogP contribution in [-0.2, 0) is 11.3 Å². The summed E-state index contributed by atoms with van der Waals surface area (Å²) in [7, 11) is 0. The molecule has 1 aliphatic carbocycles. The molecule has 1 amide bonds. The van der Waals surface area contributed by atoms with Crippen molar-refractivity contribution < 1.29 is 9.72 Å². The smallest absolute Gasteiger partial charge is 0.358 e. The van der Waals surface area contributed by atoms with E-state index in [0.717, 1.165) is 12.8 Å². The van der Waals surface area contributed by atoms with Gasteiger partial charge in [0, 0.05) is 12.6 Å². The largest absolute Gasteiger partial charge is 0.389 e. The lowest BCUT2D eigenvalue weighted by molar-refractivity contribution is -0.389. The highest BCUT2D eigenvalue weighted by molar-refractivity contribution is 5.75. The van der Waals surface area contributed by atoms with Gasteiger partial charge in [0.25, 0.3) is 0 Å². The molecule has 1 fully saturated rings. The van der Waals surface area contributed by atoms with Gasteiger partial charge in [0.15, 0.2) is 0 Å². The number of hydrogen-bond donors (Lipinski definition) is 2. The minimum atomic E-state index is -0.600. The average Bonchev–Trinajstić information content (AvgIpc) is 3.07. The zero-order valence-electron chi connectivity index (χ0n) is 9.78. The van der Waals surface area contributed by atoms with Crippen molar-refractivity contribution in [2.24, 2.45) is 11.7 Å². The van der Waals surface area contributed by atoms with E-state index in [2.05, 4.69) is 10.4 Å². The molecule has 0 bridgehead atoms. The van der Waals surface area contributed by atoms with E-state index in [-0.39, 0.29) is 24.3 Å². The van der Waals surface area contributed by atoms with E-state index in [4.69, 9.17) is 5.73 Å². The molecule has 1 heterocycles. The van der Waals surface area contributed by atoms with Crippen LogP contribution in [0.15, 0.2) is 12.3 Å². The molecule has 3 N–H and O–H groups in total. The van der Waals surface area contributed by atoms with Gasteiger partial charge in [-0.1, -0.05) is 0 Å². The van der Waals surface area contributed by atoms with Crippen LogP contribution < -0.4 is 11.1 Å². The number of hydrogen-bond acceptors (Lipinski definition) is 5. The van der Waals surface area contributed by atoms with Crippen molar-refractivity contribution >= 4 is 11.7 Å². The van der Waals surface area contributed by atoms with Crippen LogP contribution >= 0.6 is 0 Å². The Kier molecular flexibility index (Phi) is 3.56. The van der Waals surface area contributed by atoms with Gasteiger partial charge in [-0.15, -0.1) is 0 Å². The van der Waals surface area contributed by atoms with Gasteiger partial charge in [-0.05, 0) is 23.7 Å². The standard InChI is InChI=1S/C10H15N5O3/c11-8(7-1-2-7)5-12-10(16)6-14-4-3-9(13-14)15(17)18/h3-4,7-8H,1-2,5-6,11H2,(H,12,16). The SMILES string of the molecule is NC(CNC(=O)Cn1ccc([N+](=O)[O-])n1)C1CC1. The molecule has 0 saturated heterocycles. The molecule has 8 nitrogen and oxygen atoms in total. The van der Waals surface area contributed by atoms with E-state index >= 15 is 0 Å². The molecule has 1 saturated carbocycles. The third kappa shape index (κ3) is 3.27. The number of nitro groups is 1. The second kappa shape index (κ2) is 5.13. The van der Waals surface area contributed by atoms with E-state index in [1.165, 1.54) is 16.9 Å². The molecule has 0 aromatic carbocycles. The Morgan fingerprint density at radius 3 is 3.00 bits per heavy atom. The van der Waals surface area contributed by atoms with Crippen LogP contribution in [-0.4, -0.2) is 33.2 Å². The lowest BCUT2D eigenvalue weighted by Crippen LogP contribution is -2.39. The number of nitrogens with two attached hydrogens (primary N) is 1. The van der Waals surface area contributed by atoms with Crippen LogP contribution in [0, 0.1) is 16.0 Å². The molecule has 2 rings (SSSR count). The van der Waals surface area contributed by atoms with Crippen molar-refractivity contribution in [3.05, 3.63) is 22.4 Å². The van der Waals surface area contributed by atoms with Crippen molar-refractivity contribution in [1.82, 2.24) is 15.1 Å². The first-order chi connectivity index (χ1) is 8.56. The first kappa shape index (κ1) is 12.5. The maximum Gasteiger partial charge on any atom is 0.389 e. The second-order valence-electron chi connectivity index (χ2n) is 4.43. The summed E-state index contributed by atoms with van der Waals surface area (Å²) in [6, 6.07) is 1.25. The van der Waals surface area contributed by atoms with Crippen molar-refractivity contribution in [2.75, 3.05) is 6.54 Å². The third-order valence-electron chi connectivity index (χ3n) is 2.88. The maximum atomic E-state index is 11.5. The summed E-state index contributed by atoms with van der Waals surface area (Å²) >= 11 is 0. The molecule has 1 aromatic heterocycles. The number of aromatic nitrogens is 2. The van der Waals surface area contributed by atoms with Crippen LogP contribution in [0.25, 0.3) is 0 Å². The molecule has 1 atom stereocenters. The van der Waals surface area contributed by atoms with Crippen molar-refractivity contribution in [3.63, 3.8) is 0 Å². The summed E-state index contributed by atoms with van der Waals surface area (Å²) in [6.07, 6.45) is 3.66. The molecular weight excluding hydrogens is 238 g/mol. The predicted octanol–water partition coefficient (Wildman–Crippen LogP) is -0.355. The summed E-state index contributed by atoms with van der Waals surface area (Å²) < 4.78 is 1.23. The Labute approximate surface area is 103 Å². The molecule has 1 unspecified atom stereocenters. The average molecular weight is 253 g/mol. The van der Waals surface area contributed by atoms with Gasteiger partial charge in [0.05, 0.1) is 17.4 Å². The Balaban J connectivity index is 1.77. The fourth-order valence-corrected chi connectivity index (χ4v) is 1.66. The molecule has 0 radical (unpaired) electrons. The molecule has 1 aromatic rings. The number of nitrogens with zero attached hydrogens (tertiary/aromatic N) is 3. The Hall–Kier alpha value is -1.96. The minimum Gasteiger partial charge on any atom is -0.358 e. The predicted molar refractivity (Wildman–Crippen MR) is 62.6 cm³/mol. The number of amides is 1. The van der Waals surface area contributed by atoms with Gasteiger partial charge >= 0.3 is 5.82 Å². The number of carbonyl (C=O) groups is 1. The Bertz CT molecular complexity index is 454. The lowest BCUT2D eigenvalue weighted by Gasteiger charge is -2.10. The summed E-state index contributed by atoms with van der Waals surface area (Å²) in [5.41, 5.74) is 5.84. The molecule has 98 valence electrons. The number of nitrogens with one attached hydrogen (secondary N) is 1. The Morgan fingerprint density at radius 1 is 1.72 bits per heavy atom. The monoisotopic (exact) mass is 253 g/mol. The summed E-state index contributed by atoms with van der Waals surface area (Å²) in [4.78, 5) is 21.4.